The largest absolute Gasteiger partial charge is 0.467 e. The van der Waals surface area contributed by atoms with Crippen LogP contribution in [-0.2, 0) is 11.2 Å². The first-order valence-corrected chi connectivity index (χ1v) is 7.00. The molecule has 22 heavy (non-hydrogen) atoms. The van der Waals surface area contributed by atoms with Crippen molar-refractivity contribution in [3.8, 4) is 6.01 Å². The van der Waals surface area contributed by atoms with Gasteiger partial charge in [-0.2, -0.15) is 4.98 Å². The third kappa shape index (κ3) is 3.85. The second-order valence-corrected chi connectivity index (χ2v) is 5.21. The molecule has 0 aliphatic heterocycles. The predicted octanol–water partition coefficient (Wildman–Crippen LogP) is 2.39. The number of amides is 1. The number of carbonyl (C=O) groups is 1. The highest BCUT2D eigenvalue weighted by atomic mass is 35.5. The number of benzene rings is 1. The monoisotopic (exact) mass is 320 g/mol. The van der Waals surface area contributed by atoms with Crippen LogP contribution in [0, 0.1) is 0 Å². The molecule has 1 aromatic heterocycles. The first-order valence-electron chi connectivity index (χ1n) is 6.63. The molecule has 0 unspecified atom stereocenters. The minimum Gasteiger partial charge on any atom is -0.467 e. The van der Waals surface area contributed by atoms with Crippen LogP contribution in [0.15, 0.2) is 30.5 Å². The second kappa shape index (κ2) is 7.09. The van der Waals surface area contributed by atoms with Gasteiger partial charge in [-0.1, -0.05) is 29.8 Å². The topological polar surface area (TPSA) is 67.3 Å². The molecule has 116 valence electrons. The van der Waals surface area contributed by atoms with Crippen LogP contribution in [0.4, 0.5) is 11.5 Å². The number of ether oxygens (including phenoxy) is 1. The van der Waals surface area contributed by atoms with Crippen LogP contribution < -0.4 is 15.0 Å². The third-order valence-corrected chi connectivity index (χ3v) is 3.30. The van der Waals surface area contributed by atoms with E-state index in [1.165, 1.54) is 13.3 Å². The lowest BCUT2D eigenvalue weighted by molar-refractivity contribution is -0.115. The maximum atomic E-state index is 12.2. The van der Waals surface area contributed by atoms with Crippen molar-refractivity contribution in [1.29, 1.82) is 0 Å². The van der Waals surface area contributed by atoms with Crippen LogP contribution in [0.1, 0.15) is 5.56 Å². The summed E-state index contributed by atoms with van der Waals surface area (Å²) >= 11 is 6.06. The number of nitrogens with one attached hydrogen (secondary N) is 1. The van der Waals surface area contributed by atoms with E-state index in [2.05, 4.69) is 15.3 Å². The van der Waals surface area contributed by atoms with Gasteiger partial charge in [-0.15, -0.1) is 0 Å². The molecule has 1 aromatic carbocycles. The molecule has 0 aliphatic rings. The molecule has 0 spiro atoms. The molecule has 6 nitrogen and oxygen atoms in total. The zero-order valence-electron chi connectivity index (χ0n) is 12.6. The van der Waals surface area contributed by atoms with Crippen molar-refractivity contribution in [2.45, 2.75) is 6.42 Å². The summed E-state index contributed by atoms with van der Waals surface area (Å²) in [7, 11) is 5.14. The summed E-state index contributed by atoms with van der Waals surface area (Å²) in [4.78, 5) is 22.2. The molecule has 2 aromatic rings. The minimum absolute atomic E-state index is 0.179. The Balaban J connectivity index is 2.16. The van der Waals surface area contributed by atoms with Gasteiger partial charge in [0.05, 0.1) is 19.7 Å². The van der Waals surface area contributed by atoms with Crippen LogP contribution in [0.3, 0.4) is 0 Å². The van der Waals surface area contributed by atoms with Crippen molar-refractivity contribution < 1.29 is 9.53 Å². The SMILES string of the molecule is COc1ncc(NC(=O)Cc2ccccc2Cl)c(N(C)C)n1. The van der Waals surface area contributed by atoms with Crippen LogP contribution in [-0.4, -0.2) is 37.1 Å². The molecule has 1 amide bonds. The fourth-order valence-corrected chi connectivity index (χ4v) is 2.10. The Labute approximate surface area is 134 Å². The highest BCUT2D eigenvalue weighted by Crippen LogP contribution is 2.23. The van der Waals surface area contributed by atoms with Crippen molar-refractivity contribution >= 4 is 29.0 Å². The third-order valence-electron chi connectivity index (χ3n) is 2.94. The molecular weight excluding hydrogens is 304 g/mol. The summed E-state index contributed by atoms with van der Waals surface area (Å²) in [6.45, 7) is 0. The van der Waals surface area contributed by atoms with Crippen LogP contribution in [0.25, 0.3) is 0 Å². The molecule has 0 saturated heterocycles. The molecule has 0 bridgehead atoms. The van der Waals surface area contributed by atoms with E-state index in [9.17, 15) is 4.79 Å². The van der Waals surface area contributed by atoms with E-state index in [0.29, 0.717) is 16.5 Å². The molecule has 0 fully saturated rings. The van der Waals surface area contributed by atoms with E-state index in [1.54, 1.807) is 11.0 Å². The number of methoxy groups -OCH3 is 1. The molecule has 1 heterocycles. The van der Waals surface area contributed by atoms with E-state index in [0.717, 1.165) is 5.56 Å². The second-order valence-electron chi connectivity index (χ2n) is 4.80. The molecular formula is C15H17ClN4O2. The Bertz CT molecular complexity index is 676. The number of carbonyl (C=O) groups excluding carboxylic acids is 1. The highest BCUT2D eigenvalue weighted by Gasteiger charge is 2.13. The smallest absolute Gasteiger partial charge is 0.318 e. The molecule has 2 rings (SSSR count). The number of halogens is 1. The summed E-state index contributed by atoms with van der Waals surface area (Å²) in [6.07, 6.45) is 1.70. The van der Waals surface area contributed by atoms with Crippen molar-refractivity contribution in [3.05, 3.63) is 41.0 Å². The number of hydrogen-bond donors (Lipinski definition) is 1. The lowest BCUT2D eigenvalue weighted by Crippen LogP contribution is -2.19. The van der Waals surface area contributed by atoms with Gasteiger partial charge in [0.25, 0.3) is 0 Å². The van der Waals surface area contributed by atoms with Gasteiger partial charge in [-0.25, -0.2) is 4.98 Å². The summed E-state index contributed by atoms with van der Waals surface area (Å²) in [5.41, 5.74) is 1.28. The average molecular weight is 321 g/mol. The quantitative estimate of drug-likeness (QED) is 0.916. The molecule has 0 radical (unpaired) electrons. The lowest BCUT2D eigenvalue weighted by atomic mass is 10.1. The van der Waals surface area contributed by atoms with E-state index in [-0.39, 0.29) is 18.3 Å². The number of hydrogen-bond acceptors (Lipinski definition) is 5. The summed E-state index contributed by atoms with van der Waals surface area (Å²) in [6, 6.07) is 7.49. The van der Waals surface area contributed by atoms with E-state index >= 15 is 0 Å². The van der Waals surface area contributed by atoms with Gasteiger partial charge < -0.3 is 15.0 Å². The zero-order valence-corrected chi connectivity index (χ0v) is 13.4. The summed E-state index contributed by atoms with van der Waals surface area (Å²) in [5, 5.41) is 3.37. The Hall–Kier alpha value is -2.34. The Morgan fingerprint density at radius 3 is 2.73 bits per heavy atom. The van der Waals surface area contributed by atoms with Gasteiger partial charge in [-0.3, -0.25) is 4.79 Å². The maximum Gasteiger partial charge on any atom is 0.318 e. The summed E-state index contributed by atoms with van der Waals surface area (Å²) in [5.74, 6) is 0.379. The first-order chi connectivity index (χ1) is 10.5. The number of nitrogens with zero attached hydrogens (tertiary/aromatic N) is 3. The minimum atomic E-state index is -0.190. The Kier molecular flexibility index (Phi) is 5.16. The van der Waals surface area contributed by atoms with Crippen LogP contribution >= 0.6 is 11.6 Å². The fraction of sp³-hybridized carbons (Fsp3) is 0.267. The number of rotatable bonds is 5. The van der Waals surface area contributed by atoms with E-state index < -0.39 is 0 Å². The van der Waals surface area contributed by atoms with E-state index in [1.807, 2.05) is 32.3 Å². The van der Waals surface area contributed by atoms with Gasteiger partial charge >= 0.3 is 6.01 Å². The molecule has 7 heteroatoms. The van der Waals surface area contributed by atoms with Gasteiger partial charge in [0.1, 0.15) is 5.69 Å². The van der Waals surface area contributed by atoms with Crippen LogP contribution in [0.2, 0.25) is 5.02 Å². The Morgan fingerprint density at radius 2 is 2.09 bits per heavy atom. The predicted molar refractivity (Wildman–Crippen MR) is 86.7 cm³/mol. The fourth-order valence-electron chi connectivity index (χ4n) is 1.89. The Morgan fingerprint density at radius 1 is 1.36 bits per heavy atom. The molecule has 0 aliphatic carbocycles. The highest BCUT2D eigenvalue weighted by molar-refractivity contribution is 6.31. The average Bonchev–Trinajstić information content (AvgIpc) is 2.49. The molecule has 0 saturated carbocycles. The lowest BCUT2D eigenvalue weighted by Gasteiger charge is -2.16. The number of anilines is 2. The maximum absolute atomic E-state index is 12.2. The van der Waals surface area contributed by atoms with Crippen molar-refractivity contribution in [2.75, 3.05) is 31.4 Å². The van der Waals surface area contributed by atoms with Gasteiger partial charge in [-0.05, 0) is 11.6 Å². The van der Waals surface area contributed by atoms with Crippen molar-refractivity contribution in [3.63, 3.8) is 0 Å². The van der Waals surface area contributed by atoms with Gasteiger partial charge in [0.15, 0.2) is 5.82 Å². The van der Waals surface area contributed by atoms with Gasteiger partial charge in [0.2, 0.25) is 5.91 Å². The normalized spacial score (nSPS) is 10.2. The van der Waals surface area contributed by atoms with E-state index in [4.69, 9.17) is 16.3 Å². The van der Waals surface area contributed by atoms with Crippen LogP contribution in [0.5, 0.6) is 6.01 Å². The first kappa shape index (κ1) is 16.0. The number of aromatic nitrogens is 2. The van der Waals surface area contributed by atoms with Crippen molar-refractivity contribution in [1.82, 2.24) is 9.97 Å². The zero-order chi connectivity index (χ0) is 16.1. The van der Waals surface area contributed by atoms with Gasteiger partial charge in [0, 0.05) is 19.1 Å². The van der Waals surface area contributed by atoms with Crippen molar-refractivity contribution in [2.24, 2.45) is 0 Å². The standard InChI is InChI=1S/C15H17ClN4O2/c1-20(2)14-12(9-17-15(19-14)22-3)18-13(21)8-10-6-4-5-7-11(10)16/h4-7,9H,8H2,1-3H3,(H,18,21). The molecule has 0 atom stereocenters. The summed E-state index contributed by atoms with van der Waals surface area (Å²) < 4.78 is 5.00. The molecule has 1 N–H and O–H groups in total.